The summed E-state index contributed by atoms with van der Waals surface area (Å²) in [7, 11) is 1.52. The van der Waals surface area contributed by atoms with Crippen molar-refractivity contribution >= 4 is 0 Å². The van der Waals surface area contributed by atoms with Gasteiger partial charge in [-0.05, 0) is 36.8 Å². The number of nitrogens with zero attached hydrogens (tertiary/aromatic N) is 2. The first-order chi connectivity index (χ1) is 13.6. The lowest BCUT2D eigenvalue weighted by Gasteiger charge is -2.13. The largest absolute Gasteiger partial charge is 0.493 e. The Morgan fingerprint density at radius 3 is 2.54 bits per heavy atom. The number of benzene rings is 2. The molecule has 1 aromatic heterocycles. The van der Waals surface area contributed by atoms with Gasteiger partial charge in [-0.2, -0.15) is 10.5 Å². The molecule has 2 aromatic carbocycles. The standard InChI is InChI=1S/C22H17N3O3/c1-14-9-18(19(12-24)22(26)25-14)15-7-8-20(21(10-15)27-2)28-13-17-6-4-3-5-16(17)11-23/h3-10H,13H2,1-2H3,(H,25,26). The van der Waals surface area contributed by atoms with Gasteiger partial charge in [0, 0.05) is 16.8 Å². The molecule has 0 aliphatic heterocycles. The Morgan fingerprint density at radius 2 is 1.82 bits per heavy atom. The second kappa shape index (κ2) is 8.11. The molecule has 0 atom stereocenters. The van der Waals surface area contributed by atoms with Crippen molar-refractivity contribution < 1.29 is 9.47 Å². The minimum Gasteiger partial charge on any atom is -0.493 e. The third-order valence-electron chi connectivity index (χ3n) is 4.28. The van der Waals surface area contributed by atoms with Gasteiger partial charge in [-0.15, -0.1) is 0 Å². The van der Waals surface area contributed by atoms with Crippen LogP contribution in [-0.4, -0.2) is 12.1 Å². The second-order valence-electron chi connectivity index (χ2n) is 6.11. The smallest absolute Gasteiger partial charge is 0.266 e. The molecule has 1 heterocycles. The van der Waals surface area contributed by atoms with Gasteiger partial charge < -0.3 is 14.5 Å². The number of H-pyrrole nitrogens is 1. The highest BCUT2D eigenvalue weighted by Gasteiger charge is 2.14. The molecule has 0 aliphatic rings. The number of nitriles is 2. The van der Waals surface area contributed by atoms with E-state index in [2.05, 4.69) is 11.1 Å². The van der Waals surface area contributed by atoms with Crippen LogP contribution in [0.2, 0.25) is 0 Å². The number of hydrogen-bond acceptors (Lipinski definition) is 5. The number of aromatic amines is 1. The topological polar surface area (TPSA) is 98.9 Å². The van der Waals surface area contributed by atoms with E-state index in [9.17, 15) is 15.3 Å². The molecule has 1 N–H and O–H groups in total. The lowest BCUT2D eigenvalue weighted by Crippen LogP contribution is -2.12. The molecule has 0 saturated carbocycles. The summed E-state index contributed by atoms with van der Waals surface area (Å²) in [5, 5.41) is 18.5. The van der Waals surface area contributed by atoms with Gasteiger partial charge in [0.2, 0.25) is 0 Å². The van der Waals surface area contributed by atoms with Crippen LogP contribution >= 0.6 is 0 Å². The van der Waals surface area contributed by atoms with Crippen LogP contribution in [0, 0.1) is 29.6 Å². The van der Waals surface area contributed by atoms with Crippen molar-refractivity contribution in [2.45, 2.75) is 13.5 Å². The molecule has 138 valence electrons. The van der Waals surface area contributed by atoms with Gasteiger partial charge in [-0.3, -0.25) is 4.79 Å². The maximum absolute atomic E-state index is 12.0. The maximum Gasteiger partial charge on any atom is 0.266 e. The Labute approximate surface area is 162 Å². The predicted octanol–water partition coefficient (Wildman–Crippen LogP) is 3.68. The van der Waals surface area contributed by atoms with Crippen molar-refractivity contribution in [1.82, 2.24) is 4.98 Å². The minimum absolute atomic E-state index is 0.0456. The van der Waals surface area contributed by atoms with Crippen LogP contribution in [0.5, 0.6) is 11.5 Å². The summed E-state index contributed by atoms with van der Waals surface area (Å²) >= 11 is 0. The molecule has 0 unspecified atom stereocenters. The van der Waals surface area contributed by atoms with Gasteiger partial charge in [0.05, 0.1) is 18.7 Å². The molecular formula is C22H17N3O3. The first kappa shape index (κ1) is 18.8. The van der Waals surface area contributed by atoms with E-state index in [1.165, 1.54) is 7.11 Å². The Balaban J connectivity index is 1.95. The first-order valence-electron chi connectivity index (χ1n) is 8.50. The number of aromatic nitrogens is 1. The van der Waals surface area contributed by atoms with Crippen LogP contribution in [0.4, 0.5) is 0 Å². The monoisotopic (exact) mass is 371 g/mol. The third-order valence-corrected chi connectivity index (χ3v) is 4.28. The molecule has 3 rings (SSSR count). The molecular weight excluding hydrogens is 354 g/mol. The Morgan fingerprint density at radius 1 is 1.04 bits per heavy atom. The van der Waals surface area contributed by atoms with E-state index in [0.717, 1.165) is 5.56 Å². The van der Waals surface area contributed by atoms with E-state index in [1.54, 1.807) is 43.3 Å². The number of hydrogen-bond donors (Lipinski definition) is 1. The average Bonchev–Trinajstić information content (AvgIpc) is 2.71. The quantitative estimate of drug-likeness (QED) is 0.737. The van der Waals surface area contributed by atoms with Crippen molar-refractivity contribution in [3.05, 3.63) is 81.3 Å². The fourth-order valence-electron chi connectivity index (χ4n) is 2.89. The number of aryl methyl sites for hydroxylation is 1. The summed E-state index contributed by atoms with van der Waals surface area (Å²) in [6.07, 6.45) is 0. The van der Waals surface area contributed by atoms with Crippen LogP contribution in [-0.2, 0) is 6.61 Å². The van der Waals surface area contributed by atoms with Crippen LogP contribution in [0.15, 0.2) is 53.3 Å². The minimum atomic E-state index is -0.426. The molecule has 0 aliphatic carbocycles. The average molecular weight is 371 g/mol. The number of nitrogens with one attached hydrogen (secondary N) is 1. The zero-order chi connectivity index (χ0) is 20.1. The predicted molar refractivity (Wildman–Crippen MR) is 104 cm³/mol. The van der Waals surface area contributed by atoms with Gasteiger partial charge in [-0.25, -0.2) is 0 Å². The van der Waals surface area contributed by atoms with E-state index in [-0.39, 0.29) is 12.2 Å². The molecule has 0 bridgehead atoms. The molecule has 6 nitrogen and oxygen atoms in total. The normalized spacial score (nSPS) is 10.0. The summed E-state index contributed by atoms with van der Waals surface area (Å²) < 4.78 is 11.3. The van der Waals surface area contributed by atoms with Crippen molar-refractivity contribution in [3.63, 3.8) is 0 Å². The Hall–Kier alpha value is -4.03. The van der Waals surface area contributed by atoms with Crippen LogP contribution < -0.4 is 15.0 Å². The fraction of sp³-hybridized carbons (Fsp3) is 0.136. The lowest BCUT2D eigenvalue weighted by atomic mass is 10.0. The lowest BCUT2D eigenvalue weighted by molar-refractivity contribution is 0.284. The van der Waals surface area contributed by atoms with Gasteiger partial charge in [0.1, 0.15) is 18.2 Å². The molecule has 0 saturated heterocycles. The molecule has 3 aromatic rings. The van der Waals surface area contributed by atoms with Gasteiger partial charge in [-0.1, -0.05) is 24.3 Å². The molecule has 0 spiro atoms. The van der Waals surface area contributed by atoms with Crippen molar-refractivity contribution in [2.75, 3.05) is 7.11 Å². The van der Waals surface area contributed by atoms with E-state index in [0.29, 0.717) is 33.9 Å². The van der Waals surface area contributed by atoms with E-state index in [1.807, 2.05) is 18.2 Å². The molecule has 0 radical (unpaired) electrons. The summed E-state index contributed by atoms with van der Waals surface area (Å²) in [6.45, 7) is 1.97. The second-order valence-corrected chi connectivity index (χ2v) is 6.11. The summed E-state index contributed by atoms with van der Waals surface area (Å²) in [6, 6.07) is 18.3. The fourth-order valence-corrected chi connectivity index (χ4v) is 2.89. The summed E-state index contributed by atoms with van der Waals surface area (Å²) in [5.74, 6) is 0.966. The Kier molecular flexibility index (Phi) is 5.43. The molecule has 6 heteroatoms. The van der Waals surface area contributed by atoms with E-state index in [4.69, 9.17) is 9.47 Å². The number of pyridine rings is 1. The summed E-state index contributed by atoms with van der Waals surface area (Å²) in [5.41, 5.74) is 2.81. The van der Waals surface area contributed by atoms with Gasteiger partial charge in [0.25, 0.3) is 5.56 Å². The van der Waals surface area contributed by atoms with Crippen LogP contribution in [0.25, 0.3) is 11.1 Å². The highest BCUT2D eigenvalue weighted by atomic mass is 16.5. The van der Waals surface area contributed by atoms with E-state index >= 15 is 0 Å². The number of ether oxygens (including phenoxy) is 2. The van der Waals surface area contributed by atoms with Gasteiger partial charge in [0.15, 0.2) is 11.5 Å². The molecule has 0 fully saturated rings. The third kappa shape index (κ3) is 3.72. The van der Waals surface area contributed by atoms with Crippen LogP contribution in [0.1, 0.15) is 22.4 Å². The first-order valence-corrected chi connectivity index (χ1v) is 8.50. The molecule has 0 amide bonds. The van der Waals surface area contributed by atoms with Crippen molar-refractivity contribution in [1.29, 1.82) is 10.5 Å². The van der Waals surface area contributed by atoms with Crippen molar-refractivity contribution in [2.24, 2.45) is 0 Å². The molecule has 28 heavy (non-hydrogen) atoms. The zero-order valence-electron chi connectivity index (χ0n) is 15.4. The highest BCUT2D eigenvalue weighted by molar-refractivity contribution is 5.72. The van der Waals surface area contributed by atoms with Gasteiger partial charge >= 0.3 is 0 Å². The van der Waals surface area contributed by atoms with Crippen LogP contribution in [0.3, 0.4) is 0 Å². The van der Waals surface area contributed by atoms with E-state index < -0.39 is 5.56 Å². The number of methoxy groups -OCH3 is 1. The Bertz CT molecular complexity index is 1170. The number of rotatable bonds is 5. The zero-order valence-corrected chi connectivity index (χ0v) is 15.4. The highest BCUT2D eigenvalue weighted by Crippen LogP contribution is 2.34. The maximum atomic E-state index is 12.0. The summed E-state index contributed by atoms with van der Waals surface area (Å²) in [4.78, 5) is 14.7. The van der Waals surface area contributed by atoms with Crippen molar-refractivity contribution in [3.8, 4) is 34.8 Å². The SMILES string of the molecule is COc1cc(-c2cc(C)[nH]c(=O)c2C#N)ccc1OCc1ccccc1C#N.